The fourth-order valence-electron chi connectivity index (χ4n) is 5.20. The average Bonchev–Trinajstić information content (AvgIpc) is 3.42. The van der Waals surface area contributed by atoms with Gasteiger partial charge in [0, 0.05) is 43.8 Å². The number of rotatable bonds is 0. The molecular weight excluding hydrogens is 368 g/mol. The van der Waals surface area contributed by atoms with Crippen molar-refractivity contribution in [3.8, 4) is 0 Å². The molecule has 138 valence electrons. The summed E-state index contributed by atoms with van der Waals surface area (Å²) < 4.78 is 8.51. The van der Waals surface area contributed by atoms with Crippen LogP contribution in [0.3, 0.4) is 0 Å². The van der Waals surface area contributed by atoms with Gasteiger partial charge in [-0.2, -0.15) is 0 Å². The molecule has 8 rings (SSSR count). The molecule has 0 unspecified atom stereocenters. The molecule has 8 aromatic rings. The Labute approximate surface area is 170 Å². The summed E-state index contributed by atoms with van der Waals surface area (Å²) in [6, 6.07) is 29.9. The summed E-state index contributed by atoms with van der Waals surface area (Å²) in [4.78, 5) is 5.07. The molecule has 0 aliphatic heterocycles. The number of fused-ring (bicyclic) bond motifs is 10. The van der Waals surface area contributed by atoms with Crippen molar-refractivity contribution in [3.63, 3.8) is 0 Å². The zero-order valence-electron chi connectivity index (χ0n) is 15.9. The lowest BCUT2D eigenvalue weighted by atomic mass is 10.1. The van der Waals surface area contributed by atoms with E-state index in [0.717, 1.165) is 38.6 Å². The van der Waals surface area contributed by atoms with E-state index < -0.39 is 0 Å². The number of furan rings is 1. The first-order chi connectivity index (χ1) is 14.9. The van der Waals surface area contributed by atoms with E-state index in [-0.39, 0.29) is 0 Å². The molecule has 3 heteroatoms. The van der Waals surface area contributed by atoms with E-state index in [2.05, 4.69) is 71.1 Å². The molecule has 0 fully saturated rings. The van der Waals surface area contributed by atoms with Crippen LogP contribution in [-0.2, 0) is 0 Å². The Morgan fingerprint density at radius 1 is 0.600 bits per heavy atom. The highest BCUT2D eigenvalue weighted by atomic mass is 16.3. The van der Waals surface area contributed by atoms with E-state index in [4.69, 9.17) is 9.40 Å². The quantitative estimate of drug-likeness (QED) is 0.276. The van der Waals surface area contributed by atoms with Gasteiger partial charge >= 0.3 is 0 Å². The minimum atomic E-state index is 0.915. The van der Waals surface area contributed by atoms with E-state index >= 15 is 0 Å². The maximum absolute atomic E-state index is 6.20. The van der Waals surface area contributed by atoms with Crippen molar-refractivity contribution in [2.45, 2.75) is 0 Å². The van der Waals surface area contributed by atoms with Gasteiger partial charge in [-0.1, -0.05) is 54.6 Å². The summed E-state index contributed by atoms with van der Waals surface area (Å²) in [6.45, 7) is 0. The lowest BCUT2D eigenvalue weighted by Crippen LogP contribution is -1.86. The van der Waals surface area contributed by atoms with Crippen LogP contribution in [0, 0.1) is 0 Å². The van der Waals surface area contributed by atoms with Crippen molar-refractivity contribution >= 4 is 71.1 Å². The van der Waals surface area contributed by atoms with Gasteiger partial charge in [-0.25, -0.2) is 4.98 Å². The van der Waals surface area contributed by atoms with Crippen LogP contribution < -0.4 is 0 Å². The lowest BCUT2D eigenvalue weighted by molar-refractivity contribution is 0.669. The Hall–Kier alpha value is -4.11. The highest BCUT2D eigenvalue weighted by Crippen LogP contribution is 2.41. The van der Waals surface area contributed by atoms with Gasteiger partial charge in [0.05, 0.1) is 16.6 Å². The van der Waals surface area contributed by atoms with Gasteiger partial charge in [-0.15, -0.1) is 0 Å². The molecular formula is C27H14N2O. The minimum Gasteiger partial charge on any atom is -0.456 e. The van der Waals surface area contributed by atoms with E-state index in [1.165, 1.54) is 32.4 Å². The van der Waals surface area contributed by atoms with Crippen molar-refractivity contribution in [3.05, 3.63) is 84.9 Å². The normalized spacial score (nSPS) is 12.7. The summed E-state index contributed by atoms with van der Waals surface area (Å²) >= 11 is 0. The number of hydrogen-bond donors (Lipinski definition) is 0. The van der Waals surface area contributed by atoms with Crippen LogP contribution in [0.2, 0.25) is 0 Å². The van der Waals surface area contributed by atoms with Crippen LogP contribution in [0.5, 0.6) is 0 Å². The van der Waals surface area contributed by atoms with Crippen LogP contribution in [0.4, 0.5) is 0 Å². The Morgan fingerprint density at radius 2 is 1.40 bits per heavy atom. The third-order valence-corrected chi connectivity index (χ3v) is 6.49. The molecule has 3 nitrogen and oxygen atoms in total. The number of benzene rings is 4. The van der Waals surface area contributed by atoms with E-state index in [1.807, 2.05) is 18.2 Å². The highest BCUT2D eigenvalue weighted by molar-refractivity contribution is 6.25. The second-order valence-corrected chi connectivity index (χ2v) is 8.05. The van der Waals surface area contributed by atoms with Crippen LogP contribution >= 0.6 is 0 Å². The molecule has 4 heterocycles. The summed E-state index contributed by atoms with van der Waals surface area (Å²) in [5, 5.41) is 8.44. The molecule has 0 aliphatic carbocycles. The molecule has 0 spiro atoms. The van der Waals surface area contributed by atoms with Crippen molar-refractivity contribution in [1.29, 1.82) is 0 Å². The maximum atomic E-state index is 6.20. The molecule has 0 bridgehead atoms. The first-order valence-corrected chi connectivity index (χ1v) is 10.2. The van der Waals surface area contributed by atoms with Crippen molar-refractivity contribution < 1.29 is 4.42 Å². The number of hydrogen-bond acceptors (Lipinski definition) is 2. The molecule has 0 atom stereocenters. The molecule has 30 heavy (non-hydrogen) atoms. The maximum Gasteiger partial charge on any atom is 0.146 e. The highest BCUT2D eigenvalue weighted by Gasteiger charge is 2.20. The average molecular weight is 382 g/mol. The van der Waals surface area contributed by atoms with E-state index in [1.54, 1.807) is 0 Å². The molecule has 0 saturated heterocycles. The Morgan fingerprint density at radius 3 is 2.37 bits per heavy atom. The fourth-order valence-corrected chi connectivity index (χ4v) is 5.20. The largest absolute Gasteiger partial charge is 0.456 e. The van der Waals surface area contributed by atoms with Gasteiger partial charge < -0.3 is 4.42 Å². The first-order valence-electron chi connectivity index (χ1n) is 10.2. The lowest BCUT2D eigenvalue weighted by Gasteiger charge is -2.00. The minimum absolute atomic E-state index is 0.915. The third kappa shape index (κ3) is 1.62. The Bertz CT molecular complexity index is 1960. The van der Waals surface area contributed by atoms with Crippen molar-refractivity contribution in [2.75, 3.05) is 0 Å². The standard InChI is InChI=1S/C27H14N2O/c1-3-10-22-15(6-1)12-21-18-9-5-8-17-19-13-20-16-7-2-4-11-24(16)30-25(20)14-23(19)29(26(17)18)27(21)28-22/h1-14H. The number of nitrogens with zero attached hydrogens (tertiary/aromatic N) is 2. The first kappa shape index (κ1) is 14.8. The number of aromatic nitrogens is 2. The van der Waals surface area contributed by atoms with Crippen LogP contribution in [0.25, 0.3) is 71.1 Å². The van der Waals surface area contributed by atoms with Gasteiger partial charge in [-0.3, -0.25) is 4.40 Å². The van der Waals surface area contributed by atoms with Gasteiger partial charge in [-0.05, 0) is 24.3 Å². The fraction of sp³-hybridized carbons (Fsp3) is 0. The molecule has 4 aromatic heterocycles. The van der Waals surface area contributed by atoms with Crippen LogP contribution in [-0.4, -0.2) is 9.38 Å². The summed E-state index contributed by atoms with van der Waals surface area (Å²) in [5.74, 6) is 0. The van der Waals surface area contributed by atoms with Crippen molar-refractivity contribution in [2.24, 2.45) is 0 Å². The zero-order chi connectivity index (χ0) is 19.4. The van der Waals surface area contributed by atoms with Crippen LogP contribution in [0.1, 0.15) is 0 Å². The third-order valence-electron chi connectivity index (χ3n) is 6.49. The second-order valence-electron chi connectivity index (χ2n) is 8.05. The Kier molecular flexibility index (Phi) is 2.42. The topological polar surface area (TPSA) is 30.4 Å². The van der Waals surface area contributed by atoms with Gasteiger partial charge in [0.25, 0.3) is 0 Å². The molecule has 0 saturated carbocycles. The molecule has 0 N–H and O–H groups in total. The smallest absolute Gasteiger partial charge is 0.146 e. The Balaban J connectivity index is 1.67. The van der Waals surface area contributed by atoms with Gasteiger partial charge in [0.15, 0.2) is 0 Å². The van der Waals surface area contributed by atoms with Gasteiger partial charge in [0.1, 0.15) is 16.8 Å². The van der Waals surface area contributed by atoms with Gasteiger partial charge in [0.2, 0.25) is 0 Å². The summed E-state index contributed by atoms with van der Waals surface area (Å²) in [6.07, 6.45) is 0. The SMILES string of the molecule is c1ccc2nc3c(cc2c1)c1cccc2c4cc5c(cc4n3c21)oc1ccccc15. The predicted octanol–water partition coefficient (Wildman–Crippen LogP) is 7.28. The number of pyridine rings is 1. The second kappa shape index (κ2) is 4.89. The predicted molar refractivity (Wildman–Crippen MR) is 124 cm³/mol. The van der Waals surface area contributed by atoms with E-state index in [0.29, 0.717) is 0 Å². The molecule has 0 radical (unpaired) electrons. The number of para-hydroxylation sites is 3. The van der Waals surface area contributed by atoms with E-state index in [9.17, 15) is 0 Å². The molecule has 0 aliphatic rings. The zero-order valence-corrected chi connectivity index (χ0v) is 15.9. The van der Waals surface area contributed by atoms with Crippen molar-refractivity contribution in [1.82, 2.24) is 9.38 Å². The summed E-state index contributed by atoms with van der Waals surface area (Å²) in [5.41, 5.74) is 6.25. The molecule has 4 aromatic carbocycles. The monoisotopic (exact) mass is 382 g/mol. The van der Waals surface area contributed by atoms with Crippen LogP contribution in [0.15, 0.2) is 89.3 Å². The molecule has 0 amide bonds. The summed E-state index contributed by atoms with van der Waals surface area (Å²) in [7, 11) is 0.